The number of thiazole rings is 1. The molecule has 9 heteroatoms. The van der Waals surface area contributed by atoms with Gasteiger partial charge in [-0.3, -0.25) is 0 Å². The van der Waals surface area contributed by atoms with Crippen LogP contribution in [0.3, 0.4) is 0 Å². The Balaban J connectivity index is 1.72. The summed E-state index contributed by atoms with van der Waals surface area (Å²) in [5.41, 5.74) is 8.35. The second kappa shape index (κ2) is 8.95. The van der Waals surface area contributed by atoms with Gasteiger partial charge in [-0.2, -0.15) is 10.2 Å². The summed E-state index contributed by atoms with van der Waals surface area (Å²) < 4.78 is 6.11. The molecule has 0 bridgehead atoms. The molecule has 0 unspecified atom stereocenters. The minimum atomic E-state index is 0.353. The number of aromatic nitrogens is 5. The van der Waals surface area contributed by atoms with Crippen LogP contribution in [0.25, 0.3) is 22.1 Å². The van der Waals surface area contributed by atoms with Gasteiger partial charge in [0.05, 0.1) is 17.2 Å². The number of aryl methyl sites for hydroxylation is 2. The van der Waals surface area contributed by atoms with Crippen molar-refractivity contribution in [1.82, 2.24) is 24.9 Å². The molecule has 3 heterocycles. The average molecular weight is 430 g/mol. The van der Waals surface area contributed by atoms with Gasteiger partial charge < -0.3 is 10.5 Å². The quantitative estimate of drug-likeness (QED) is 0.490. The van der Waals surface area contributed by atoms with Crippen LogP contribution < -0.4 is 10.5 Å². The highest BCUT2D eigenvalue weighted by Gasteiger charge is 2.15. The van der Waals surface area contributed by atoms with Crippen LogP contribution in [0.4, 0.5) is 0 Å². The number of benzene rings is 1. The first-order valence-corrected chi connectivity index (χ1v) is 10.4. The molecule has 154 valence electrons. The van der Waals surface area contributed by atoms with Gasteiger partial charge >= 0.3 is 0 Å². The number of hydrogen-bond acceptors (Lipinski definition) is 9. The number of nitrogens with zero attached hydrogens (tertiary/aromatic N) is 6. The molecule has 0 aliphatic carbocycles. The highest BCUT2D eigenvalue weighted by atomic mass is 32.1. The molecular weight excluding hydrogens is 410 g/mol. The Morgan fingerprint density at radius 1 is 1.06 bits per heavy atom. The Hall–Kier alpha value is -3.74. The molecule has 8 nitrogen and oxygen atoms in total. The van der Waals surface area contributed by atoms with Gasteiger partial charge in [0.15, 0.2) is 5.82 Å². The van der Waals surface area contributed by atoms with Gasteiger partial charge in [-0.05, 0) is 50.6 Å². The Labute approximate surface area is 183 Å². The van der Waals surface area contributed by atoms with E-state index in [1.54, 1.807) is 61.1 Å². The van der Waals surface area contributed by atoms with Gasteiger partial charge in [0.1, 0.15) is 22.3 Å². The average Bonchev–Trinajstić information content (AvgIpc) is 3.21. The Kier molecular flexibility index (Phi) is 5.93. The number of hydrogen-bond donors (Lipinski definition) is 1. The molecule has 0 fully saturated rings. The normalized spacial score (nSPS) is 10.6. The summed E-state index contributed by atoms with van der Waals surface area (Å²) in [5.74, 6) is 1.83. The van der Waals surface area contributed by atoms with Gasteiger partial charge in [-0.1, -0.05) is 0 Å². The lowest BCUT2D eigenvalue weighted by Gasteiger charge is -2.11. The minimum absolute atomic E-state index is 0.353. The van der Waals surface area contributed by atoms with Crippen molar-refractivity contribution in [2.24, 2.45) is 5.73 Å². The molecule has 3 aromatic heterocycles. The van der Waals surface area contributed by atoms with Crippen LogP contribution in [0.15, 0.2) is 42.9 Å². The molecule has 31 heavy (non-hydrogen) atoms. The molecule has 0 aliphatic rings. The molecule has 0 amide bonds. The number of ether oxygens (including phenoxy) is 1. The number of nitrogens with two attached hydrogens (primary N) is 1. The van der Waals surface area contributed by atoms with Crippen molar-refractivity contribution in [3.8, 4) is 39.8 Å². The lowest BCUT2D eigenvalue weighted by Crippen LogP contribution is -2.04. The van der Waals surface area contributed by atoms with E-state index in [-0.39, 0.29) is 0 Å². The molecule has 4 aromatic rings. The largest absolute Gasteiger partial charge is 0.438 e. The monoisotopic (exact) mass is 429 g/mol. The first-order chi connectivity index (χ1) is 15.1. The Morgan fingerprint density at radius 2 is 1.87 bits per heavy atom. The fourth-order valence-electron chi connectivity index (χ4n) is 2.94. The first-order valence-electron chi connectivity index (χ1n) is 9.57. The predicted molar refractivity (Wildman–Crippen MR) is 118 cm³/mol. The van der Waals surface area contributed by atoms with E-state index in [0.717, 1.165) is 15.4 Å². The van der Waals surface area contributed by atoms with Gasteiger partial charge in [0.2, 0.25) is 5.88 Å². The standard InChI is InChI=1S/C22H19N7OS/c1-13-10-27-22(31-13)18-8-20(29-14(2)28-18)30-19-7-15(9-24)3-4-17(19)21-25-11-16(5-6-23)12-26-21/h3-4,7-8,10-12H,5-6,23H2,1-2H3. The van der Waals surface area contributed by atoms with Gasteiger partial charge in [0, 0.05) is 29.5 Å². The van der Waals surface area contributed by atoms with Crippen molar-refractivity contribution in [3.05, 3.63) is 64.7 Å². The fraction of sp³-hybridized carbons (Fsp3) is 0.182. The molecular formula is C22H19N7OS. The lowest BCUT2D eigenvalue weighted by molar-refractivity contribution is 0.461. The van der Waals surface area contributed by atoms with Crippen LogP contribution in [0.2, 0.25) is 0 Å². The fourth-order valence-corrected chi connectivity index (χ4v) is 3.66. The van der Waals surface area contributed by atoms with E-state index >= 15 is 0 Å². The van der Waals surface area contributed by atoms with E-state index in [1.165, 1.54) is 0 Å². The minimum Gasteiger partial charge on any atom is -0.438 e. The third-order valence-electron chi connectivity index (χ3n) is 4.36. The van der Waals surface area contributed by atoms with Gasteiger partial charge in [0.25, 0.3) is 0 Å². The van der Waals surface area contributed by atoms with Crippen molar-refractivity contribution in [2.75, 3.05) is 6.54 Å². The van der Waals surface area contributed by atoms with E-state index < -0.39 is 0 Å². The van der Waals surface area contributed by atoms with E-state index in [4.69, 9.17) is 10.5 Å². The number of rotatable bonds is 6. The van der Waals surface area contributed by atoms with E-state index in [1.807, 2.05) is 6.92 Å². The van der Waals surface area contributed by atoms with Crippen molar-refractivity contribution in [3.63, 3.8) is 0 Å². The maximum absolute atomic E-state index is 9.34. The molecule has 0 atom stereocenters. The molecule has 0 spiro atoms. The van der Waals surface area contributed by atoms with Crippen LogP contribution in [-0.2, 0) is 6.42 Å². The lowest BCUT2D eigenvalue weighted by atomic mass is 10.1. The third-order valence-corrected chi connectivity index (χ3v) is 5.29. The summed E-state index contributed by atoms with van der Waals surface area (Å²) in [6.07, 6.45) is 6.00. The number of nitriles is 1. The summed E-state index contributed by atoms with van der Waals surface area (Å²) in [6, 6.07) is 8.99. The highest BCUT2D eigenvalue weighted by Crippen LogP contribution is 2.33. The zero-order chi connectivity index (χ0) is 21.8. The van der Waals surface area contributed by atoms with Crippen molar-refractivity contribution in [2.45, 2.75) is 20.3 Å². The van der Waals surface area contributed by atoms with Crippen LogP contribution >= 0.6 is 11.3 Å². The first kappa shape index (κ1) is 20.5. The van der Waals surface area contributed by atoms with Crippen LogP contribution in [0.5, 0.6) is 11.6 Å². The maximum Gasteiger partial charge on any atom is 0.223 e. The molecule has 4 rings (SSSR count). The maximum atomic E-state index is 9.34. The van der Waals surface area contributed by atoms with Crippen molar-refractivity contribution >= 4 is 11.3 Å². The Bertz CT molecular complexity index is 1260. The summed E-state index contributed by atoms with van der Waals surface area (Å²) in [7, 11) is 0. The van der Waals surface area contributed by atoms with Gasteiger partial charge in [-0.25, -0.2) is 19.9 Å². The Morgan fingerprint density at radius 3 is 2.55 bits per heavy atom. The third kappa shape index (κ3) is 4.71. The van der Waals surface area contributed by atoms with Gasteiger partial charge in [-0.15, -0.1) is 11.3 Å². The zero-order valence-electron chi connectivity index (χ0n) is 17.0. The molecule has 0 saturated heterocycles. The smallest absolute Gasteiger partial charge is 0.223 e. The van der Waals surface area contributed by atoms with Crippen molar-refractivity contribution in [1.29, 1.82) is 5.26 Å². The summed E-state index contributed by atoms with van der Waals surface area (Å²) >= 11 is 1.55. The van der Waals surface area contributed by atoms with E-state index in [2.05, 4.69) is 31.0 Å². The SMILES string of the molecule is Cc1nc(Oc2cc(C#N)ccc2-c2ncc(CCN)cn2)cc(-c2ncc(C)s2)n1. The van der Waals surface area contributed by atoms with Crippen molar-refractivity contribution < 1.29 is 4.74 Å². The molecule has 0 saturated carbocycles. The second-order valence-corrected chi connectivity index (χ2v) is 8.03. The van der Waals surface area contributed by atoms with Crippen LogP contribution in [0.1, 0.15) is 21.8 Å². The molecule has 1 aromatic carbocycles. The summed E-state index contributed by atoms with van der Waals surface area (Å²) in [5, 5.41) is 10.1. The van der Waals surface area contributed by atoms with E-state index in [0.29, 0.717) is 53.1 Å². The topological polar surface area (TPSA) is 123 Å². The summed E-state index contributed by atoms with van der Waals surface area (Å²) in [6.45, 7) is 4.32. The predicted octanol–water partition coefficient (Wildman–Crippen LogP) is 3.84. The zero-order valence-corrected chi connectivity index (χ0v) is 17.8. The van der Waals surface area contributed by atoms with Crippen LogP contribution in [0, 0.1) is 25.2 Å². The summed E-state index contributed by atoms with van der Waals surface area (Å²) in [4.78, 5) is 23.2. The second-order valence-electron chi connectivity index (χ2n) is 6.79. The van der Waals surface area contributed by atoms with E-state index in [9.17, 15) is 5.26 Å². The molecule has 0 aliphatic heterocycles. The highest BCUT2D eigenvalue weighted by molar-refractivity contribution is 7.14. The van der Waals surface area contributed by atoms with Crippen LogP contribution in [-0.4, -0.2) is 31.5 Å². The molecule has 2 N–H and O–H groups in total. The molecule has 0 radical (unpaired) electrons.